The summed E-state index contributed by atoms with van der Waals surface area (Å²) in [5.41, 5.74) is 1.03. The van der Waals surface area contributed by atoms with Crippen LogP contribution in [0.2, 0.25) is 5.02 Å². The molecule has 0 radical (unpaired) electrons. The van der Waals surface area contributed by atoms with Gasteiger partial charge in [-0.3, -0.25) is 0 Å². The SMILES string of the molecule is O=C(O)c1cccc(CCBr)c1Cl. The van der Waals surface area contributed by atoms with Gasteiger partial charge in [0.05, 0.1) is 10.6 Å². The third-order valence-corrected chi connectivity index (χ3v) is 2.52. The summed E-state index contributed by atoms with van der Waals surface area (Å²) in [6.07, 6.45) is 0.736. The van der Waals surface area contributed by atoms with Gasteiger partial charge < -0.3 is 5.11 Å². The van der Waals surface area contributed by atoms with Gasteiger partial charge in [-0.1, -0.05) is 39.7 Å². The topological polar surface area (TPSA) is 37.3 Å². The third kappa shape index (κ3) is 2.45. The molecule has 70 valence electrons. The van der Waals surface area contributed by atoms with Gasteiger partial charge in [0.25, 0.3) is 0 Å². The largest absolute Gasteiger partial charge is 0.478 e. The molecule has 0 atom stereocenters. The van der Waals surface area contributed by atoms with Crippen molar-refractivity contribution in [2.45, 2.75) is 6.42 Å². The zero-order chi connectivity index (χ0) is 9.84. The summed E-state index contributed by atoms with van der Waals surface area (Å²) in [7, 11) is 0. The van der Waals surface area contributed by atoms with Crippen LogP contribution in [0.15, 0.2) is 18.2 Å². The van der Waals surface area contributed by atoms with Crippen molar-refractivity contribution < 1.29 is 9.90 Å². The molecule has 1 rings (SSSR count). The molecular formula is C9H8BrClO2. The number of aromatic carboxylic acids is 1. The van der Waals surface area contributed by atoms with Crippen molar-refractivity contribution in [3.8, 4) is 0 Å². The van der Waals surface area contributed by atoms with Crippen molar-refractivity contribution in [2.75, 3.05) is 5.33 Å². The van der Waals surface area contributed by atoms with Crippen LogP contribution in [-0.2, 0) is 6.42 Å². The average molecular weight is 264 g/mol. The summed E-state index contributed by atoms with van der Waals surface area (Å²) in [4.78, 5) is 10.7. The lowest BCUT2D eigenvalue weighted by Gasteiger charge is -2.04. The van der Waals surface area contributed by atoms with E-state index in [1.54, 1.807) is 6.07 Å². The smallest absolute Gasteiger partial charge is 0.337 e. The maximum atomic E-state index is 10.7. The van der Waals surface area contributed by atoms with Crippen molar-refractivity contribution in [1.82, 2.24) is 0 Å². The number of carbonyl (C=O) groups is 1. The summed E-state index contributed by atoms with van der Waals surface area (Å²) in [5.74, 6) is -0.985. The number of carboxylic acids is 1. The molecule has 0 fully saturated rings. The predicted octanol–water partition coefficient (Wildman–Crippen LogP) is 2.98. The molecule has 13 heavy (non-hydrogen) atoms. The Kier molecular flexibility index (Phi) is 3.75. The number of rotatable bonds is 3. The molecular weight excluding hydrogens is 255 g/mol. The van der Waals surface area contributed by atoms with Crippen LogP contribution in [0.4, 0.5) is 0 Å². The van der Waals surface area contributed by atoms with E-state index in [4.69, 9.17) is 16.7 Å². The quantitative estimate of drug-likeness (QED) is 0.851. The van der Waals surface area contributed by atoms with E-state index in [0.717, 1.165) is 17.3 Å². The van der Waals surface area contributed by atoms with E-state index in [0.29, 0.717) is 5.02 Å². The van der Waals surface area contributed by atoms with E-state index in [1.165, 1.54) is 6.07 Å². The Morgan fingerprint density at radius 2 is 2.23 bits per heavy atom. The van der Waals surface area contributed by atoms with Crippen molar-refractivity contribution in [3.05, 3.63) is 34.3 Å². The molecule has 0 aliphatic heterocycles. The Bertz CT molecular complexity index is 325. The van der Waals surface area contributed by atoms with E-state index in [-0.39, 0.29) is 5.56 Å². The fourth-order valence-corrected chi connectivity index (χ4v) is 1.77. The van der Waals surface area contributed by atoms with Crippen LogP contribution in [-0.4, -0.2) is 16.4 Å². The number of alkyl halides is 1. The van der Waals surface area contributed by atoms with Crippen molar-refractivity contribution in [1.29, 1.82) is 0 Å². The van der Waals surface area contributed by atoms with Crippen molar-refractivity contribution >= 4 is 33.5 Å². The number of carboxylic acid groups (broad SMARTS) is 1. The minimum absolute atomic E-state index is 0.167. The van der Waals surface area contributed by atoms with Gasteiger partial charge in [0.15, 0.2) is 0 Å². The molecule has 0 aromatic heterocycles. The van der Waals surface area contributed by atoms with Gasteiger partial charge in [-0.25, -0.2) is 4.79 Å². The van der Waals surface area contributed by atoms with Gasteiger partial charge in [0, 0.05) is 5.33 Å². The predicted molar refractivity (Wildman–Crippen MR) is 55.9 cm³/mol. The Hall–Kier alpha value is -0.540. The van der Waals surface area contributed by atoms with Gasteiger partial charge in [0.1, 0.15) is 0 Å². The highest BCUT2D eigenvalue weighted by molar-refractivity contribution is 9.09. The summed E-state index contributed by atoms with van der Waals surface area (Å²) in [5, 5.41) is 9.88. The maximum Gasteiger partial charge on any atom is 0.337 e. The number of benzene rings is 1. The molecule has 1 N–H and O–H groups in total. The van der Waals surface area contributed by atoms with Crippen LogP contribution in [0.3, 0.4) is 0 Å². The van der Waals surface area contributed by atoms with Crippen LogP contribution < -0.4 is 0 Å². The first-order valence-corrected chi connectivity index (χ1v) is 5.23. The molecule has 0 saturated carbocycles. The molecule has 0 spiro atoms. The molecule has 0 saturated heterocycles. The third-order valence-electron chi connectivity index (χ3n) is 1.67. The molecule has 1 aromatic carbocycles. The number of aryl methyl sites for hydroxylation is 1. The van der Waals surface area contributed by atoms with Crippen LogP contribution >= 0.6 is 27.5 Å². The van der Waals surface area contributed by atoms with Gasteiger partial charge >= 0.3 is 5.97 Å². The highest BCUT2D eigenvalue weighted by Gasteiger charge is 2.10. The van der Waals surface area contributed by atoms with Crippen LogP contribution in [0.5, 0.6) is 0 Å². The van der Waals surface area contributed by atoms with Crippen LogP contribution in [0, 0.1) is 0 Å². The fourth-order valence-electron chi connectivity index (χ4n) is 1.04. The number of hydrogen-bond acceptors (Lipinski definition) is 1. The van der Waals surface area contributed by atoms with Crippen LogP contribution in [0.1, 0.15) is 15.9 Å². The average Bonchev–Trinajstić information content (AvgIpc) is 2.08. The molecule has 0 amide bonds. The summed E-state index contributed by atoms with van der Waals surface area (Å²) in [6, 6.07) is 5.03. The van der Waals surface area contributed by atoms with Crippen molar-refractivity contribution in [3.63, 3.8) is 0 Å². The summed E-state index contributed by atoms with van der Waals surface area (Å²) in [6.45, 7) is 0. The molecule has 4 heteroatoms. The Labute approximate surface area is 89.7 Å². The van der Waals surface area contributed by atoms with Gasteiger partial charge in [-0.2, -0.15) is 0 Å². The summed E-state index contributed by atoms with van der Waals surface area (Å²) < 4.78 is 0. The normalized spacial score (nSPS) is 10.0. The van der Waals surface area contributed by atoms with E-state index in [2.05, 4.69) is 15.9 Å². The molecule has 0 bridgehead atoms. The molecule has 0 aliphatic rings. The number of hydrogen-bond donors (Lipinski definition) is 1. The van der Waals surface area contributed by atoms with Gasteiger partial charge in [-0.15, -0.1) is 0 Å². The van der Waals surface area contributed by atoms with E-state index in [1.807, 2.05) is 6.07 Å². The molecule has 0 aliphatic carbocycles. The first kappa shape index (κ1) is 10.5. The van der Waals surface area contributed by atoms with E-state index in [9.17, 15) is 4.79 Å². The molecule has 1 aromatic rings. The molecule has 2 nitrogen and oxygen atoms in total. The highest BCUT2D eigenvalue weighted by atomic mass is 79.9. The second-order valence-electron chi connectivity index (χ2n) is 2.52. The zero-order valence-corrected chi connectivity index (χ0v) is 9.10. The van der Waals surface area contributed by atoms with Crippen molar-refractivity contribution in [2.24, 2.45) is 0 Å². The minimum Gasteiger partial charge on any atom is -0.478 e. The first-order chi connectivity index (χ1) is 6.16. The molecule has 0 heterocycles. The van der Waals surface area contributed by atoms with E-state index >= 15 is 0 Å². The lowest BCUT2D eigenvalue weighted by atomic mass is 10.1. The zero-order valence-electron chi connectivity index (χ0n) is 6.76. The number of halogens is 2. The van der Waals surface area contributed by atoms with Gasteiger partial charge in [-0.05, 0) is 18.1 Å². The maximum absolute atomic E-state index is 10.7. The fraction of sp³-hybridized carbons (Fsp3) is 0.222. The second-order valence-corrected chi connectivity index (χ2v) is 3.69. The molecule has 0 unspecified atom stereocenters. The Morgan fingerprint density at radius 1 is 1.54 bits per heavy atom. The minimum atomic E-state index is -0.985. The standard InChI is InChI=1S/C9H8BrClO2/c10-5-4-6-2-1-3-7(8(6)11)9(12)13/h1-3H,4-5H2,(H,12,13). The van der Waals surface area contributed by atoms with Gasteiger partial charge in [0.2, 0.25) is 0 Å². The van der Waals surface area contributed by atoms with E-state index < -0.39 is 5.97 Å². The summed E-state index contributed by atoms with van der Waals surface area (Å²) >= 11 is 9.16. The highest BCUT2D eigenvalue weighted by Crippen LogP contribution is 2.21. The Morgan fingerprint density at radius 3 is 2.77 bits per heavy atom. The second kappa shape index (κ2) is 4.63. The Balaban J connectivity index is 3.10. The monoisotopic (exact) mass is 262 g/mol. The first-order valence-electron chi connectivity index (χ1n) is 3.73. The lowest BCUT2D eigenvalue weighted by Crippen LogP contribution is -2.00. The lowest BCUT2D eigenvalue weighted by molar-refractivity contribution is 0.0697. The van der Waals surface area contributed by atoms with Crippen LogP contribution in [0.25, 0.3) is 0 Å².